The smallest absolute Gasteiger partial charge is 0.274 e. The fourth-order valence-corrected chi connectivity index (χ4v) is 3.16. The van der Waals surface area contributed by atoms with Crippen LogP contribution in [0, 0.1) is 6.92 Å². The maximum absolute atomic E-state index is 12.6. The average Bonchev–Trinajstić information content (AvgIpc) is 2.99. The number of nitrogens with one attached hydrogen (secondary N) is 1. The molecule has 0 spiro atoms. The molecule has 6 heteroatoms. The topological polar surface area (TPSA) is 59.4 Å². The van der Waals surface area contributed by atoms with Crippen LogP contribution >= 0.6 is 11.6 Å². The quantitative estimate of drug-likeness (QED) is 0.588. The second-order valence-corrected chi connectivity index (χ2v) is 6.41. The second kappa shape index (κ2) is 6.35. The molecule has 0 unspecified atom stereocenters. The van der Waals surface area contributed by atoms with Crippen molar-refractivity contribution >= 4 is 17.2 Å². The Bertz CT molecular complexity index is 1140. The lowest BCUT2D eigenvalue weighted by molar-refractivity contribution is 0.415. The zero-order valence-electron chi connectivity index (χ0n) is 14.3. The normalized spacial score (nSPS) is 11.0. The minimum atomic E-state index is -0.188. The highest BCUT2D eigenvalue weighted by atomic mass is 35.5. The molecule has 4 aromatic rings. The van der Waals surface area contributed by atoms with Gasteiger partial charge in [0.1, 0.15) is 11.4 Å². The van der Waals surface area contributed by atoms with Crippen molar-refractivity contribution in [2.75, 3.05) is 7.11 Å². The third-order valence-corrected chi connectivity index (χ3v) is 4.58. The van der Waals surface area contributed by atoms with Gasteiger partial charge in [0, 0.05) is 16.7 Å². The van der Waals surface area contributed by atoms with E-state index in [9.17, 15) is 4.79 Å². The Morgan fingerprint density at radius 2 is 1.69 bits per heavy atom. The maximum Gasteiger partial charge on any atom is 0.274 e. The number of methoxy groups -OCH3 is 1. The lowest BCUT2D eigenvalue weighted by Crippen LogP contribution is -2.14. The third-order valence-electron chi connectivity index (χ3n) is 4.32. The number of rotatable bonds is 3. The van der Waals surface area contributed by atoms with Gasteiger partial charge < -0.3 is 9.72 Å². The van der Waals surface area contributed by atoms with Crippen LogP contribution in [0.5, 0.6) is 5.75 Å². The SMILES string of the molecule is COc1ccc(-c2c(C)nn3c(=O)cc(-c4ccc(Cl)cc4)[nH]c23)cc1. The zero-order valence-corrected chi connectivity index (χ0v) is 15.0. The highest BCUT2D eigenvalue weighted by Crippen LogP contribution is 2.29. The van der Waals surface area contributed by atoms with Crippen LogP contribution in [0.3, 0.4) is 0 Å². The Balaban J connectivity index is 1.94. The van der Waals surface area contributed by atoms with Gasteiger partial charge in [-0.3, -0.25) is 4.79 Å². The molecule has 0 aliphatic rings. The Kier molecular flexibility index (Phi) is 4.01. The molecule has 0 radical (unpaired) electrons. The summed E-state index contributed by atoms with van der Waals surface area (Å²) >= 11 is 5.96. The summed E-state index contributed by atoms with van der Waals surface area (Å²) in [4.78, 5) is 15.9. The van der Waals surface area contributed by atoms with Gasteiger partial charge in [0.05, 0.1) is 18.5 Å². The number of fused-ring (bicyclic) bond motifs is 1. The predicted octanol–water partition coefficient (Wildman–Crippen LogP) is 4.33. The third kappa shape index (κ3) is 2.76. The summed E-state index contributed by atoms with van der Waals surface area (Å²) in [6.45, 7) is 1.89. The van der Waals surface area contributed by atoms with Crippen molar-refractivity contribution < 1.29 is 4.74 Å². The highest BCUT2D eigenvalue weighted by Gasteiger charge is 2.15. The van der Waals surface area contributed by atoms with Gasteiger partial charge in [-0.15, -0.1) is 0 Å². The number of aromatic amines is 1. The molecule has 2 aromatic heterocycles. The fourth-order valence-electron chi connectivity index (χ4n) is 3.04. The predicted molar refractivity (Wildman–Crippen MR) is 103 cm³/mol. The number of nitrogens with zero attached hydrogens (tertiary/aromatic N) is 2. The number of aryl methyl sites for hydroxylation is 1. The van der Waals surface area contributed by atoms with Crippen LogP contribution in [-0.2, 0) is 0 Å². The summed E-state index contributed by atoms with van der Waals surface area (Å²) in [6, 6.07) is 16.6. The molecule has 1 N–H and O–H groups in total. The molecule has 0 bridgehead atoms. The first-order valence-corrected chi connectivity index (χ1v) is 8.47. The van der Waals surface area contributed by atoms with Crippen molar-refractivity contribution in [3.63, 3.8) is 0 Å². The molecule has 0 saturated carbocycles. The van der Waals surface area contributed by atoms with Crippen LogP contribution in [0.25, 0.3) is 28.0 Å². The zero-order chi connectivity index (χ0) is 18.3. The molecule has 0 atom stereocenters. The van der Waals surface area contributed by atoms with E-state index in [1.807, 2.05) is 43.3 Å². The minimum absolute atomic E-state index is 0.188. The summed E-state index contributed by atoms with van der Waals surface area (Å²) in [5, 5.41) is 5.05. The van der Waals surface area contributed by atoms with Crippen LogP contribution in [0.1, 0.15) is 5.69 Å². The maximum atomic E-state index is 12.6. The number of aromatic nitrogens is 3. The van der Waals surface area contributed by atoms with E-state index in [1.54, 1.807) is 25.3 Å². The van der Waals surface area contributed by atoms with E-state index in [0.717, 1.165) is 28.1 Å². The van der Waals surface area contributed by atoms with Gasteiger partial charge in [-0.25, -0.2) is 0 Å². The van der Waals surface area contributed by atoms with Gasteiger partial charge >= 0.3 is 0 Å². The first kappa shape index (κ1) is 16.4. The van der Waals surface area contributed by atoms with Gasteiger partial charge in [-0.05, 0) is 42.3 Å². The summed E-state index contributed by atoms with van der Waals surface area (Å²) in [6.07, 6.45) is 0. The van der Waals surface area contributed by atoms with Gasteiger partial charge in [0.25, 0.3) is 5.56 Å². The molecule has 5 nitrogen and oxygen atoms in total. The summed E-state index contributed by atoms with van der Waals surface area (Å²) in [5.41, 5.74) is 4.69. The van der Waals surface area contributed by atoms with E-state index in [1.165, 1.54) is 4.52 Å². The largest absolute Gasteiger partial charge is 0.497 e. The summed E-state index contributed by atoms with van der Waals surface area (Å²) in [7, 11) is 1.63. The van der Waals surface area contributed by atoms with E-state index < -0.39 is 0 Å². The van der Waals surface area contributed by atoms with E-state index >= 15 is 0 Å². The van der Waals surface area contributed by atoms with Crippen molar-refractivity contribution in [2.45, 2.75) is 6.92 Å². The van der Waals surface area contributed by atoms with Crippen LogP contribution in [0.4, 0.5) is 0 Å². The molecule has 0 amide bonds. The Labute approximate surface area is 154 Å². The molecule has 2 aromatic carbocycles. The van der Waals surface area contributed by atoms with Crippen molar-refractivity contribution in [1.29, 1.82) is 0 Å². The summed E-state index contributed by atoms with van der Waals surface area (Å²) in [5.74, 6) is 0.776. The van der Waals surface area contributed by atoms with Crippen molar-refractivity contribution in [1.82, 2.24) is 14.6 Å². The second-order valence-electron chi connectivity index (χ2n) is 5.98. The van der Waals surface area contributed by atoms with E-state index in [0.29, 0.717) is 16.4 Å². The first-order valence-electron chi connectivity index (χ1n) is 8.10. The van der Waals surface area contributed by atoms with E-state index in [2.05, 4.69) is 10.1 Å². The molecule has 2 heterocycles. The van der Waals surface area contributed by atoms with Gasteiger partial charge in [-0.1, -0.05) is 35.9 Å². The van der Waals surface area contributed by atoms with Crippen LogP contribution < -0.4 is 10.3 Å². The van der Waals surface area contributed by atoms with Gasteiger partial charge in [0.15, 0.2) is 0 Å². The molecule has 0 saturated heterocycles. The average molecular weight is 366 g/mol. The first-order chi connectivity index (χ1) is 12.6. The number of hydrogen-bond donors (Lipinski definition) is 1. The fraction of sp³-hybridized carbons (Fsp3) is 0.100. The molecular formula is C20H16ClN3O2. The van der Waals surface area contributed by atoms with E-state index in [-0.39, 0.29) is 5.56 Å². The monoisotopic (exact) mass is 365 g/mol. The lowest BCUT2D eigenvalue weighted by Gasteiger charge is -2.06. The van der Waals surface area contributed by atoms with Crippen LogP contribution in [0.2, 0.25) is 5.02 Å². The molecule has 26 heavy (non-hydrogen) atoms. The highest BCUT2D eigenvalue weighted by molar-refractivity contribution is 6.30. The molecule has 0 aliphatic heterocycles. The standard InChI is InChI=1S/C20H16ClN3O2/c1-12-19(14-5-9-16(26-2)10-6-14)20-22-17(11-18(25)24(20)23-12)13-3-7-15(21)8-4-13/h3-11,22H,1-2H3. The van der Waals surface area contributed by atoms with Crippen LogP contribution in [-0.4, -0.2) is 21.7 Å². The molecule has 0 fully saturated rings. The molecular weight excluding hydrogens is 350 g/mol. The Morgan fingerprint density at radius 3 is 2.35 bits per heavy atom. The molecule has 130 valence electrons. The molecule has 4 rings (SSSR count). The van der Waals surface area contributed by atoms with Crippen molar-refractivity contribution in [3.8, 4) is 28.1 Å². The van der Waals surface area contributed by atoms with Crippen molar-refractivity contribution in [2.24, 2.45) is 0 Å². The number of hydrogen-bond acceptors (Lipinski definition) is 3. The number of ether oxygens (including phenoxy) is 1. The molecule has 0 aliphatic carbocycles. The summed E-state index contributed by atoms with van der Waals surface area (Å²) < 4.78 is 6.62. The Morgan fingerprint density at radius 1 is 1.04 bits per heavy atom. The van der Waals surface area contributed by atoms with E-state index in [4.69, 9.17) is 16.3 Å². The van der Waals surface area contributed by atoms with Gasteiger partial charge in [-0.2, -0.15) is 9.61 Å². The number of H-pyrrole nitrogens is 1. The van der Waals surface area contributed by atoms with Crippen LogP contribution in [0.15, 0.2) is 59.4 Å². The van der Waals surface area contributed by atoms with Gasteiger partial charge in [0.2, 0.25) is 0 Å². The van der Waals surface area contributed by atoms with Crippen molar-refractivity contribution in [3.05, 3.63) is 75.7 Å². The number of benzene rings is 2. The Hall–Kier alpha value is -3.05. The minimum Gasteiger partial charge on any atom is -0.497 e. The lowest BCUT2D eigenvalue weighted by atomic mass is 10.1. The number of halogens is 1.